The minimum atomic E-state index is -0.808. The lowest BCUT2D eigenvalue weighted by Crippen LogP contribution is -2.29. The fourth-order valence-corrected chi connectivity index (χ4v) is 1.73. The van der Waals surface area contributed by atoms with Crippen LogP contribution in [0.15, 0.2) is 0 Å². The summed E-state index contributed by atoms with van der Waals surface area (Å²) in [6.45, 7) is 0.215. The summed E-state index contributed by atoms with van der Waals surface area (Å²) in [4.78, 5) is 22.0. The zero-order valence-electron chi connectivity index (χ0n) is 7.82. The van der Waals surface area contributed by atoms with Gasteiger partial charge in [0.1, 0.15) is 0 Å². The van der Waals surface area contributed by atoms with E-state index in [0.29, 0.717) is 19.3 Å². The molecule has 0 radical (unpaired) electrons. The van der Waals surface area contributed by atoms with Gasteiger partial charge in [0.15, 0.2) is 0 Å². The monoisotopic (exact) mass is 195 g/mol. The molecule has 1 amide bonds. The summed E-state index contributed by atoms with van der Waals surface area (Å²) in [5, 5.41) is 11.3. The molecule has 1 saturated carbocycles. The van der Waals surface area contributed by atoms with E-state index < -0.39 is 5.97 Å². The molecule has 0 aromatic carbocycles. The molecule has 2 N–H and O–H groups in total. The van der Waals surface area contributed by atoms with Crippen LogP contribution in [0.25, 0.3) is 0 Å². The van der Waals surface area contributed by atoms with Crippen molar-refractivity contribution in [2.45, 2.75) is 19.3 Å². The average Bonchev–Trinajstić information content (AvgIpc) is 2.62. The Morgan fingerprint density at radius 1 is 1.43 bits per heavy atom. The number of carbonyl (C=O) groups excluding carboxylic acids is 1. The molecule has 1 aliphatic rings. The lowest BCUT2D eigenvalue weighted by atomic mass is 10.0. The zero-order valence-corrected chi connectivity index (χ0v) is 7.82. The Morgan fingerprint density at radius 2 is 2.07 bits per heavy atom. The summed E-state index contributed by atoms with van der Waals surface area (Å²) in [6, 6.07) is 0. The number of rotatable bonds is 3. The molecule has 2 atom stereocenters. The van der Waals surface area contributed by atoms with Crippen LogP contribution in [-0.4, -0.2) is 23.5 Å². The summed E-state index contributed by atoms with van der Waals surface area (Å²) in [5.74, 6) is 0.840. The first kappa shape index (κ1) is 10.6. The third-order valence-corrected chi connectivity index (χ3v) is 2.52. The molecule has 0 spiro atoms. The fourth-order valence-electron chi connectivity index (χ4n) is 1.73. The van der Waals surface area contributed by atoms with Gasteiger partial charge in [-0.3, -0.25) is 9.59 Å². The van der Waals surface area contributed by atoms with E-state index in [1.165, 1.54) is 0 Å². The van der Waals surface area contributed by atoms with Gasteiger partial charge in [0.05, 0.1) is 12.5 Å². The van der Waals surface area contributed by atoms with Gasteiger partial charge < -0.3 is 10.4 Å². The molecule has 0 saturated heterocycles. The van der Waals surface area contributed by atoms with Crippen LogP contribution < -0.4 is 5.32 Å². The number of carbonyl (C=O) groups is 2. The molecule has 0 aromatic heterocycles. The molecule has 1 aliphatic carbocycles. The van der Waals surface area contributed by atoms with Gasteiger partial charge in [0.2, 0.25) is 5.91 Å². The van der Waals surface area contributed by atoms with Crippen LogP contribution in [0.4, 0.5) is 0 Å². The highest BCUT2D eigenvalue weighted by atomic mass is 16.4. The van der Waals surface area contributed by atoms with E-state index in [0.717, 1.165) is 0 Å². The van der Waals surface area contributed by atoms with Crippen LogP contribution >= 0.6 is 0 Å². The molecule has 14 heavy (non-hydrogen) atoms. The second kappa shape index (κ2) is 4.66. The van der Waals surface area contributed by atoms with Gasteiger partial charge in [-0.15, -0.1) is 6.42 Å². The molecule has 0 heterocycles. The van der Waals surface area contributed by atoms with Crippen LogP contribution in [0, 0.1) is 24.2 Å². The van der Waals surface area contributed by atoms with Crippen molar-refractivity contribution >= 4 is 11.9 Å². The number of nitrogens with one attached hydrogen (secondary N) is 1. The maximum absolute atomic E-state index is 11.4. The minimum absolute atomic E-state index is 0.119. The Bertz CT molecular complexity index is 280. The van der Waals surface area contributed by atoms with Crippen LogP contribution in [-0.2, 0) is 9.59 Å². The third-order valence-electron chi connectivity index (χ3n) is 2.52. The maximum Gasteiger partial charge on any atom is 0.306 e. The van der Waals surface area contributed by atoms with Crippen LogP contribution in [0.2, 0.25) is 0 Å². The smallest absolute Gasteiger partial charge is 0.306 e. The summed E-state index contributed by atoms with van der Waals surface area (Å²) in [7, 11) is 0. The SMILES string of the molecule is C#CCNC(=O)C1CCC(C(=O)O)C1. The highest BCUT2D eigenvalue weighted by Gasteiger charge is 2.33. The van der Waals surface area contributed by atoms with Gasteiger partial charge in [-0.05, 0) is 19.3 Å². The quantitative estimate of drug-likeness (QED) is 0.634. The Balaban J connectivity index is 2.38. The summed E-state index contributed by atoms with van der Waals surface area (Å²) in [6.07, 6.45) is 6.66. The van der Waals surface area contributed by atoms with E-state index in [-0.39, 0.29) is 24.3 Å². The third kappa shape index (κ3) is 2.49. The first-order chi connectivity index (χ1) is 6.65. The van der Waals surface area contributed by atoms with Crippen molar-refractivity contribution in [1.82, 2.24) is 5.32 Å². The van der Waals surface area contributed by atoms with Crippen molar-refractivity contribution in [3.05, 3.63) is 0 Å². The Hall–Kier alpha value is -1.50. The van der Waals surface area contributed by atoms with E-state index in [1.807, 2.05) is 0 Å². The first-order valence-electron chi connectivity index (χ1n) is 4.59. The first-order valence-corrected chi connectivity index (χ1v) is 4.59. The van der Waals surface area contributed by atoms with Crippen molar-refractivity contribution in [3.63, 3.8) is 0 Å². The Labute approximate surface area is 82.7 Å². The van der Waals surface area contributed by atoms with E-state index in [1.54, 1.807) is 0 Å². The highest BCUT2D eigenvalue weighted by molar-refractivity contribution is 5.81. The van der Waals surface area contributed by atoms with Gasteiger partial charge in [-0.1, -0.05) is 5.92 Å². The van der Waals surface area contributed by atoms with Crippen LogP contribution in [0.5, 0.6) is 0 Å². The lowest BCUT2D eigenvalue weighted by molar-refractivity contribution is -0.141. The van der Waals surface area contributed by atoms with E-state index >= 15 is 0 Å². The molecular formula is C10H13NO3. The number of amides is 1. The van der Waals surface area contributed by atoms with E-state index in [2.05, 4.69) is 11.2 Å². The second-order valence-electron chi connectivity index (χ2n) is 3.47. The number of hydrogen-bond acceptors (Lipinski definition) is 2. The molecule has 0 aromatic rings. The molecule has 2 unspecified atom stereocenters. The van der Waals surface area contributed by atoms with Crippen molar-refractivity contribution in [1.29, 1.82) is 0 Å². The molecular weight excluding hydrogens is 182 g/mol. The van der Waals surface area contributed by atoms with Crippen molar-refractivity contribution < 1.29 is 14.7 Å². The van der Waals surface area contributed by atoms with Gasteiger partial charge in [0.25, 0.3) is 0 Å². The number of hydrogen-bond donors (Lipinski definition) is 2. The van der Waals surface area contributed by atoms with Crippen molar-refractivity contribution in [2.24, 2.45) is 11.8 Å². The number of aliphatic carboxylic acids is 1. The molecule has 0 aliphatic heterocycles. The highest BCUT2D eigenvalue weighted by Crippen LogP contribution is 2.30. The molecule has 4 heteroatoms. The largest absolute Gasteiger partial charge is 0.481 e. The number of terminal acetylenes is 1. The normalized spacial score (nSPS) is 25.4. The van der Waals surface area contributed by atoms with Crippen molar-refractivity contribution in [2.75, 3.05) is 6.54 Å². The molecule has 4 nitrogen and oxygen atoms in total. The predicted molar refractivity (Wildman–Crippen MR) is 50.3 cm³/mol. The summed E-state index contributed by atoms with van der Waals surface area (Å²) >= 11 is 0. The summed E-state index contributed by atoms with van der Waals surface area (Å²) < 4.78 is 0. The molecule has 76 valence electrons. The number of carboxylic acid groups (broad SMARTS) is 1. The zero-order chi connectivity index (χ0) is 10.6. The van der Waals surface area contributed by atoms with Crippen molar-refractivity contribution in [3.8, 4) is 12.3 Å². The Kier molecular flexibility index (Phi) is 3.52. The van der Waals surface area contributed by atoms with Gasteiger partial charge in [0, 0.05) is 5.92 Å². The summed E-state index contributed by atoms with van der Waals surface area (Å²) in [5.41, 5.74) is 0. The van der Waals surface area contributed by atoms with E-state index in [4.69, 9.17) is 11.5 Å². The lowest BCUT2D eigenvalue weighted by Gasteiger charge is -2.08. The average molecular weight is 195 g/mol. The van der Waals surface area contributed by atoms with E-state index in [9.17, 15) is 9.59 Å². The second-order valence-corrected chi connectivity index (χ2v) is 3.47. The van der Waals surface area contributed by atoms with Gasteiger partial charge >= 0.3 is 5.97 Å². The fraction of sp³-hybridized carbons (Fsp3) is 0.600. The molecule has 1 fully saturated rings. The molecule has 1 rings (SSSR count). The van der Waals surface area contributed by atoms with Crippen LogP contribution in [0.3, 0.4) is 0 Å². The number of carboxylic acids is 1. The van der Waals surface area contributed by atoms with Gasteiger partial charge in [-0.2, -0.15) is 0 Å². The minimum Gasteiger partial charge on any atom is -0.481 e. The standard InChI is InChI=1S/C10H13NO3/c1-2-5-11-9(12)7-3-4-8(6-7)10(13)14/h1,7-8H,3-6H2,(H,11,12)(H,13,14). The Morgan fingerprint density at radius 3 is 2.57 bits per heavy atom. The van der Waals surface area contributed by atoms with Gasteiger partial charge in [-0.25, -0.2) is 0 Å². The van der Waals surface area contributed by atoms with Crippen LogP contribution in [0.1, 0.15) is 19.3 Å². The predicted octanol–water partition coefficient (Wildman–Crippen LogP) is 0.237. The maximum atomic E-state index is 11.4. The molecule has 0 bridgehead atoms. The topological polar surface area (TPSA) is 66.4 Å².